The van der Waals surface area contributed by atoms with Crippen molar-refractivity contribution in [2.24, 2.45) is 5.92 Å². The van der Waals surface area contributed by atoms with Gasteiger partial charge in [-0.15, -0.1) is 10.2 Å². The van der Waals surface area contributed by atoms with E-state index >= 15 is 0 Å². The van der Waals surface area contributed by atoms with E-state index in [4.69, 9.17) is 5.26 Å². The van der Waals surface area contributed by atoms with Crippen LogP contribution in [-0.2, 0) is 6.54 Å². The second-order valence-corrected chi connectivity index (χ2v) is 4.24. The van der Waals surface area contributed by atoms with Crippen molar-refractivity contribution in [3.05, 3.63) is 30.2 Å². The van der Waals surface area contributed by atoms with E-state index < -0.39 is 0 Å². The zero-order valence-electron chi connectivity index (χ0n) is 9.83. The fourth-order valence-electron chi connectivity index (χ4n) is 1.57. The lowest BCUT2D eigenvalue weighted by atomic mass is 10.2. The molecule has 0 amide bonds. The van der Waals surface area contributed by atoms with Crippen LogP contribution >= 0.6 is 0 Å². The maximum Gasteiger partial charge on any atom is 0.182 e. The van der Waals surface area contributed by atoms with Gasteiger partial charge in [-0.2, -0.15) is 5.26 Å². The first-order valence-corrected chi connectivity index (χ1v) is 5.45. The molecule has 0 aliphatic carbocycles. The van der Waals surface area contributed by atoms with Crippen molar-refractivity contribution < 1.29 is 0 Å². The Hall–Kier alpha value is -2.22. The van der Waals surface area contributed by atoms with Gasteiger partial charge in [-0.1, -0.05) is 13.8 Å². The predicted molar refractivity (Wildman–Crippen MR) is 62.8 cm³/mol. The van der Waals surface area contributed by atoms with Gasteiger partial charge in [0, 0.05) is 12.7 Å². The molecule has 2 rings (SSSR count). The van der Waals surface area contributed by atoms with Crippen LogP contribution in [0, 0.1) is 17.2 Å². The van der Waals surface area contributed by atoms with E-state index in [-0.39, 0.29) is 0 Å². The summed E-state index contributed by atoms with van der Waals surface area (Å²) in [7, 11) is 0. The Balaban J connectivity index is 2.33. The highest BCUT2D eigenvalue weighted by atomic mass is 15.3. The summed E-state index contributed by atoms with van der Waals surface area (Å²) in [6.45, 7) is 5.12. The maximum absolute atomic E-state index is 8.71. The molecule has 86 valence electrons. The Morgan fingerprint density at radius 3 is 2.82 bits per heavy atom. The molecular weight excluding hydrogens is 214 g/mol. The largest absolute Gasteiger partial charge is 0.312 e. The third-order valence-corrected chi connectivity index (χ3v) is 2.30. The van der Waals surface area contributed by atoms with Crippen molar-refractivity contribution in [2.75, 3.05) is 0 Å². The van der Waals surface area contributed by atoms with Crippen LogP contribution in [0.3, 0.4) is 0 Å². The summed E-state index contributed by atoms with van der Waals surface area (Å²) in [5, 5.41) is 16.7. The van der Waals surface area contributed by atoms with Crippen molar-refractivity contribution >= 4 is 0 Å². The van der Waals surface area contributed by atoms with Crippen LogP contribution in [0.5, 0.6) is 0 Å². The molecule has 0 N–H and O–H groups in total. The average Bonchev–Trinajstić information content (AvgIpc) is 2.76. The minimum Gasteiger partial charge on any atom is -0.312 e. The van der Waals surface area contributed by atoms with Gasteiger partial charge in [-0.05, 0) is 18.1 Å². The quantitative estimate of drug-likeness (QED) is 0.802. The van der Waals surface area contributed by atoms with Crippen molar-refractivity contribution in [3.63, 3.8) is 0 Å². The zero-order valence-corrected chi connectivity index (χ0v) is 9.83. The first-order chi connectivity index (χ1) is 8.20. The number of hydrogen-bond acceptors (Lipinski definition) is 4. The minimum atomic E-state index is 0.517. The van der Waals surface area contributed by atoms with Gasteiger partial charge in [-0.25, -0.2) is 0 Å². The van der Waals surface area contributed by atoms with Gasteiger partial charge in [0.1, 0.15) is 18.1 Å². The van der Waals surface area contributed by atoms with E-state index in [0.29, 0.717) is 11.5 Å². The monoisotopic (exact) mass is 227 g/mol. The van der Waals surface area contributed by atoms with Gasteiger partial charge in [0.15, 0.2) is 5.82 Å². The third kappa shape index (κ3) is 2.48. The molecular formula is C12H13N5. The lowest BCUT2D eigenvalue weighted by Gasteiger charge is -2.08. The minimum absolute atomic E-state index is 0.517. The number of aromatic nitrogens is 4. The number of rotatable bonds is 3. The smallest absolute Gasteiger partial charge is 0.182 e. The molecule has 2 aromatic heterocycles. The lowest BCUT2D eigenvalue weighted by molar-refractivity contribution is 0.525. The normalized spacial score (nSPS) is 10.5. The van der Waals surface area contributed by atoms with Crippen LogP contribution in [0.2, 0.25) is 0 Å². The van der Waals surface area contributed by atoms with Crippen molar-refractivity contribution in [3.8, 4) is 17.6 Å². The molecule has 0 bridgehead atoms. The topological polar surface area (TPSA) is 67.4 Å². The molecule has 5 nitrogen and oxygen atoms in total. The summed E-state index contributed by atoms with van der Waals surface area (Å²) >= 11 is 0. The molecule has 2 heterocycles. The zero-order chi connectivity index (χ0) is 12.3. The van der Waals surface area contributed by atoms with Gasteiger partial charge < -0.3 is 4.57 Å². The third-order valence-electron chi connectivity index (χ3n) is 2.30. The number of pyridine rings is 1. The molecule has 0 aliphatic heterocycles. The highest BCUT2D eigenvalue weighted by Gasteiger charge is 2.09. The van der Waals surface area contributed by atoms with Crippen LogP contribution in [-0.4, -0.2) is 19.7 Å². The molecule has 2 aromatic rings. The fourth-order valence-corrected chi connectivity index (χ4v) is 1.57. The Kier molecular flexibility index (Phi) is 3.15. The summed E-state index contributed by atoms with van der Waals surface area (Å²) in [6, 6.07) is 5.56. The lowest BCUT2D eigenvalue weighted by Crippen LogP contribution is -2.05. The number of nitrogens with zero attached hydrogens (tertiary/aromatic N) is 5. The second kappa shape index (κ2) is 4.74. The Labute approximate surface area is 99.8 Å². The van der Waals surface area contributed by atoms with Crippen molar-refractivity contribution in [1.29, 1.82) is 5.26 Å². The molecule has 0 aromatic carbocycles. The van der Waals surface area contributed by atoms with E-state index in [1.807, 2.05) is 10.6 Å². The second-order valence-electron chi connectivity index (χ2n) is 4.24. The number of hydrogen-bond donors (Lipinski definition) is 0. The summed E-state index contributed by atoms with van der Waals surface area (Å²) in [6.07, 6.45) is 3.25. The average molecular weight is 227 g/mol. The number of nitriles is 1. The van der Waals surface area contributed by atoms with E-state index in [9.17, 15) is 0 Å². The van der Waals surface area contributed by atoms with Crippen LogP contribution in [0.1, 0.15) is 19.4 Å². The van der Waals surface area contributed by atoms with Crippen molar-refractivity contribution in [2.45, 2.75) is 20.4 Å². The summed E-state index contributed by atoms with van der Waals surface area (Å²) in [5.74, 6) is 1.26. The molecule has 0 saturated carbocycles. The van der Waals surface area contributed by atoms with Crippen LogP contribution in [0.25, 0.3) is 11.5 Å². The summed E-state index contributed by atoms with van der Waals surface area (Å²) in [4.78, 5) is 4.21. The molecule has 0 atom stereocenters. The molecule has 0 saturated heterocycles. The van der Waals surface area contributed by atoms with Gasteiger partial charge in [-0.3, -0.25) is 4.98 Å². The Morgan fingerprint density at radius 2 is 2.24 bits per heavy atom. The van der Waals surface area contributed by atoms with E-state index in [1.165, 1.54) is 0 Å². The van der Waals surface area contributed by atoms with E-state index in [0.717, 1.165) is 18.1 Å². The van der Waals surface area contributed by atoms with Gasteiger partial charge in [0.05, 0.1) is 5.56 Å². The fraction of sp³-hybridized carbons (Fsp3) is 0.333. The van der Waals surface area contributed by atoms with Gasteiger partial charge in [0.25, 0.3) is 0 Å². The predicted octanol–water partition coefficient (Wildman–Crippen LogP) is 1.87. The van der Waals surface area contributed by atoms with Crippen LogP contribution in [0.15, 0.2) is 24.7 Å². The summed E-state index contributed by atoms with van der Waals surface area (Å²) < 4.78 is 1.97. The molecule has 0 aliphatic rings. The van der Waals surface area contributed by atoms with E-state index in [1.54, 1.807) is 24.7 Å². The standard InChI is InChI=1S/C12H13N5/c1-9(2)7-17-8-15-16-12(17)11-4-3-10(5-13)6-14-11/h3-4,6,8-9H,7H2,1-2H3. The summed E-state index contributed by atoms with van der Waals surface area (Å²) in [5.41, 5.74) is 1.28. The highest BCUT2D eigenvalue weighted by Crippen LogP contribution is 2.15. The Morgan fingerprint density at radius 1 is 1.41 bits per heavy atom. The van der Waals surface area contributed by atoms with Gasteiger partial charge in [0.2, 0.25) is 0 Å². The molecule has 0 spiro atoms. The molecule has 0 unspecified atom stereocenters. The Bertz CT molecular complexity index is 533. The molecule has 0 fully saturated rings. The maximum atomic E-state index is 8.71. The van der Waals surface area contributed by atoms with Gasteiger partial charge >= 0.3 is 0 Å². The molecule has 0 radical (unpaired) electrons. The van der Waals surface area contributed by atoms with Crippen molar-refractivity contribution in [1.82, 2.24) is 19.7 Å². The molecule has 5 heteroatoms. The van der Waals surface area contributed by atoms with E-state index in [2.05, 4.69) is 29.0 Å². The highest BCUT2D eigenvalue weighted by molar-refractivity contribution is 5.50. The van der Waals surface area contributed by atoms with Crippen LogP contribution in [0.4, 0.5) is 0 Å². The first-order valence-electron chi connectivity index (χ1n) is 5.45. The van der Waals surface area contributed by atoms with Crippen LogP contribution < -0.4 is 0 Å². The SMILES string of the molecule is CC(C)Cn1cnnc1-c1ccc(C#N)cn1. The molecule has 17 heavy (non-hydrogen) atoms. The first kappa shape index (κ1) is 11.3.